The molecule has 0 fully saturated rings. The number of Topliss-reactive ketones (excluding diaryl/α,β-unsaturated/α-hetero) is 1. The van der Waals surface area contributed by atoms with Crippen molar-refractivity contribution >= 4 is 5.78 Å². The fourth-order valence-electron chi connectivity index (χ4n) is 1.31. The van der Waals surface area contributed by atoms with Crippen molar-refractivity contribution in [3.8, 4) is 0 Å². The number of hydrogen-bond acceptors (Lipinski definition) is 1. The van der Waals surface area contributed by atoms with E-state index in [1.54, 1.807) is 6.92 Å². The van der Waals surface area contributed by atoms with Gasteiger partial charge in [-0.2, -0.15) is 0 Å². The minimum Gasteiger partial charge on any atom is -0.300 e. The van der Waals surface area contributed by atoms with Gasteiger partial charge in [0.05, 0.1) is 0 Å². The molecule has 0 rings (SSSR count). The van der Waals surface area contributed by atoms with Crippen molar-refractivity contribution in [2.75, 3.05) is 0 Å². The molecular weight excluding hydrogens is 184 g/mol. The minimum absolute atomic E-state index is 0.273. The fraction of sp³-hybridized carbons (Fsp3) is 0.643. The quantitative estimate of drug-likeness (QED) is 0.570. The maximum atomic E-state index is 10.7. The topological polar surface area (TPSA) is 17.1 Å². The standard InChI is InChI=1S/C14H24O/c1-11(2)13(4)10-9-12(3)7-6-8-14(5)15/h7,13H,1,6,8-10H2,2-5H3. The van der Waals surface area contributed by atoms with Gasteiger partial charge < -0.3 is 4.79 Å². The van der Waals surface area contributed by atoms with E-state index in [1.807, 2.05) is 0 Å². The van der Waals surface area contributed by atoms with Crippen molar-refractivity contribution in [2.24, 2.45) is 5.92 Å². The van der Waals surface area contributed by atoms with Crippen molar-refractivity contribution in [1.82, 2.24) is 0 Å². The molecule has 0 aromatic carbocycles. The summed E-state index contributed by atoms with van der Waals surface area (Å²) in [7, 11) is 0. The summed E-state index contributed by atoms with van der Waals surface area (Å²) in [5, 5.41) is 0. The van der Waals surface area contributed by atoms with Crippen LogP contribution in [0, 0.1) is 5.92 Å². The largest absolute Gasteiger partial charge is 0.300 e. The molecule has 15 heavy (non-hydrogen) atoms. The normalized spacial score (nSPS) is 13.7. The van der Waals surface area contributed by atoms with Gasteiger partial charge in [-0.05, 0) is 46.0 Å². The molecule has 0 spiro atoms. The minimum atomic E-state index is 0.273. The van der Waals surface area contributed by atoms with Crippen LogP contribution in [-0.2, 0) is 4.79 Å². The summed E-state index contributed by atoms with van der Waals surface area (Å²) in [5.74, 6) is 0.871. The van der Waals surface area contributed by atoms with Crippen molar-refractivity contribution in [3.63, 3.8) is 0 Å². The number of rotatable bonds is 7. The van der Waals surface area contributed by atoms with Gasteiger partial charge in [0.1, 0.15) is 5.78 Å². The molecule has 0 bridgehead atoms. The molecule has 0 amide bonds. The molecule has 0 heterocycles. The van der Waals surface area contributed by atoms with E-state index in [4.69, 9.17) is 0 Å². The van der Waals surface area contributed by atoms with Crippen molar-refractivity contribution in [1.29, 1.82) is 0 Å². The summed E-state index contributed by atoms with van der Waals surface area (Å²) in [5.41, 5.74) is 2.65. The second-order valence-electron chi connectivity index (χ2n) is 4.58. The van der Waals surface area contributed by atoms with Crippen LogP contribution in [0.2, 0.25) is 0 Å². The zero-order chi connectivity index (χ0) is 11.8. The van der Waals surface area contributed by atoms with Gasteiger partial charge in [-0.3, -0.25) is 0 Å². The van der Waals surface area contributed by atoms with Gasteiger partial charge in [-0.15, -0.1) is 0 Å². The number of carbonyl (C=O) groups is 1. The van der Waals surface area contributed by atoms with Crippen LogP contribution in [0.1, 0.15) is 53.4 Å². The SMILES string of the molecule is C=C(C)C(C)CCC(C)=CCCC(C)=O. The highest BCUT2D eigenvalue weighted by Gasteiger charge is 2.02. The number of hydrogen-bond donors (Lipinski definition) is 0. The van der Waals surface area contributed by atoms with Crippen LogP contribution < -0.4 is 0 Å². The Labute approximate surface area is 94.3 Å². The third-order valence-electron chi connectivity index (χ3n) is 2.80. The van der Waals surface area contributed by atoms with E-state index in [9.17, 15) is 4.79 Å². The molecule has 1 unspecified atom stereocenters. The molecule has 0 radical (unpaired) electrons. The molecule has 1 nitrogen and oxygen atoms in total. The third kappa shape index (κ3) is 8.17. The second-order valence-corrected chi connectivity index (χ2v) is 4.58. The highest BCUT2D eigenvalue weighted by atomic mass is 16.1. The molecule has 0 aliphatic heterocycles. The summed E-state index contributed by atoms with van der Waals surface area (Å²) >= 11 is 0. The molecule has 0 aromatic rings. The predicted octanol–water partition coefficient (Wildman–Crippen LogP) is 4.29. The Morgan fingerprint density at radius 2 is 1.87 bits per heavy atom. The van der Waals surface area contributed by atoms with Crippen molar-refractivity contribution in [2.45, 2.75) is 53.4 Å². The van der Waals surface area contributed by atoms with E-state index in [1.165, 1.54) is 11.1 Å². The number of carbonyl (C=O) groups excluding carboxylic acids is 1. The zero-order valence-corrected chi connectivity index (χ0v) is 10.6. The summed E-state index contributed by atoms with van der Waals surface area (Å²) in [4.78, 5) is 10.7. The lowest BCUT2D eigenvalue weighted by Crippen LogP contribution is -1.95. The van der Waals surface area contributed by atoms with Crippen molar-refractivity contribution in [3.05, 3.63) is 23.8 Å². The van der Waals surface area contributed by atoms with Crippen LogP contribution in [0.3, 0.4) is 0 Å². The van der Waals surface area contributed by atoms with E-state index in [0.29, 0.717) is 12.3 Å². The Kier molecular flexibility index (Phi) is 7.02. The molecule has 1 heteroatoms. The van der Waals surface area contributed by atoms with Crippen LogP contribution in [0.4, 0.5) is 0 Å². The first-order valence-corrected chi connectivity index (χ1v) is 5.74. The van der Waals surface area contributed by atoms with Gasteiger partial charge in [-0.1, -0.05) is 30.7 Å². The van der Waals surface area contributed by atoms with E-state index in [0.717, 1.165) is 19.3 Å². The second kappa shape index (κ2) is 7.44. The summed E-state index contributed by atoms with van der Waals surface area (Å²) in [6.07, 6.45) is 6.03. The van der Waals surface area contributed by atoms with Crippen molar-refractivity contribution < 1.29 is 4.79 Å². The lowest BCUT2D eigenvalue weighted by atomic mass is 9.96. The lowest BCUT2D eigenvalue weighted by Gasteiger charge is -2.10. The average molecular weight is 208 g/mol. The van der Waals surface area contributed by atoms with Crippen LogP contribution >= 0.6 is 0 Å². The van der Waals surface area contributed by atoms with Gasteiger partial charge >= 0.3 is 0 Å². The first kappa shape index (κ1) is 14.2. The smallest absolute Gasteiger partial charge is 0.130 e. The molecule has 86 valence electrons. The summed E-state index contributed by atoms with van der Waals surface area (Å²) in [6, 6.07) is 0. The molecule has 1 atom stereocenters. The zero-order valence-electron chi connectivity index (χ0n) is 10.6. The van der Waals surface area contributed by atoms with E-state index >= 15 is 0 Å². The highest BCUT2D eigenvalue weighted by Crippen LogP contribution is 2.17. The molecule has 0 saturated heterocycles. The summed E-state index contributed by atoms with van der Waals surface area (Å²) in [6.45, 7) is 12.0. The Balaban J connectivity index is 3.77. The Morgan fingerprint density at radius 3 is 2.33 bits per heavy atom. The maximum absolute atomic E-state index is 10.7. The Hall–Kier alpha value is -0.850. The van der Waals surface area contributed by atoms with Crippen LogP contribution in [0.25, 0.3) is 0 Å². The van der Waals surface area contributed by atoms with E-state index in [2.05, 4.69) is 33.4 Å². The van der Waals surface area contributed by atoms with Gasteiger partial charge in [0.2, 0.25) is 0 Å². The fourth-order valence-corrected chi connectivity index (χ4v) is 1.31. The molecule has 0 aliphatic rings. The first-order chi connectivity index (χ1) is 6.93. The molecule has 0 aromatic heterocycles. The van der Waals surface area contributed by atoms with Gasteiger partial charge in [0, 0.05) is 6.42 Å². The monoisotopic (exact) mass is 208 g/mol. The predicted molar refractivity (Wildman–Crippen MR) is 66.9 cm³/mol. The Morgan fingerprint density at radius 1 is 1.27 bits per heavy atom. The van der Waals surface area contributed by atoms with Gasteiger partial charge in [0.15, 0.2) is 0 Å². The first-order valence-electron chi connectivity index (χ1n) is 5.74. The Bertz CT molecular complexity index is 248. The number of allylic oxidation sites excluding steroid dienone is 3. The summed E-state index contributed by atoms with van der Waals surface area (Å²) < 4.78 is 0. The van der Waals surface area contributed by atoms with Crippen LogP contribution in [0.5, 0.6) is 0 Å². The van der Waals surface area contributed by atoms with Gasteiger partial charge in [-0.25, -0.2) is 0 Å². The third-order valence-corrected chi connectivity index (χ3v) is 2.80. The molecule has 0 N–H and O–H groups in total. The molecular formula is C14H24O. The van der Waals surface area contributed by atoms with E-state index < -0.39 is 0 Å². The van der Waals surface area contributed by atoms with E-state index in [-0.39, 0.29) is 5.78 Å². The average Bonchev–Trinajstić information content (AvgIpc) is 2.13. The molecule has 0 aliphatic carbocycles. The lowest BCUT2D eigenvalue weighted by molar-refractivity contribution is -0.116. The van der Waals surface area contributed by atoms with Crippen LogP contribution in [0.15, 0.2) is 23.8 Å². The highest BCUT2D eigenvalue weighted by molar-refractivity contribution is 5.75. The number of ketones is 1. The molecule has 0 saturated carbocycles. The van der Waals surface area contributed by atoms with Crippen LogP contribution in [-0.4, -0.2) is 5.78 Å². The van der Waals surface area contributed by atoms with Gasteiger partial charge in [0.25, 0.3) is 0 Å². The maximum Gasteiger partial charge on any atom is 0.130 e.